The molecule has 3 aromatic carbocycles. The second-order valence-electron chi connectivity index (χ2n) is 13.2. The first kappa shape index (κ1) is 34.4. The second-order valence-corrected chi connectivity index (χ2v) is 14.4. The Morgan fingerprint density at radius 1 is 1.02 bits per heavy atom. The van der Waals surface area contributed by atoms with Crippen LogP contribution in [-0.4, -0.2) is 89.1 Å². The summed E-state index contributed by atoms with van der Waals surface area (Å²) in [4.78, 5) is 64.2. The lowest BCUT2D eigenvalue weighted by Crippen LogP contribution is -2.76. The van der Waals surface area contributed by atoms with Gasteiger partial charge in [-0.1, -0.05) is 66.7 Å². The highest BCUT2D eigenvalue weighted by atomic mass is 31.2. The van der Waals surface area contributed by atoms with Crippen LogP contribution in [-0.2, 0) is 40.2 Å². The van der Waals surface area contributed by atoms with E-state index in [1.54, 1.807) is 28.1 Å². The molecule has 14 nitrogen and oxygen atoms in total. The van der Waals surface area contributed by atoms with Gasteiger partial charge in [0.05, 0.1) is 18.6 Å². The van der Waals surface area contributed by atoms with Crippen molar-refractivity contribution in [3.05, 3.63) is 108 Å². The van der Waals surface area contributed by atoms with Crippen molar-refractivity contribution in [2.24, 2.45) is 5.92 Å². The normalized spacial score (nSPS) is 19.7. The van der Waals surface area contributed by atoms with Crippen LogP contribution in [0.1, 0.15) is 29.5 Å². The second kappa shape index (κ2) is 14.3. The van der Waals surface area contributed by atoms with Crippen molar-refractivity contribution in [1.29, 1.82) is 0 Å². The number of piperazine rings is 1. The van der Waals surface area contributed by atoms with E-state index in [9.17, 15) is 28.7 Å². The third-order valence-corrected chi connectivity index (χ3v) is 9.86. The van der Waals surface area contributed by atoms with E-state index in [0.29, 0.717) is 11.5 Å². The number of rotatable bonds is 12. The monoisotopic (exact) mass is 713 g/mol. The number of aromatic nitrogens is 2. The van der Waals surface area contributed by atoms with Gasteiger partial charge in [-0.15, -0.1) is 6.58 Å². The summed E-state index contributed by atoms with van der Waals surface area (Å²) < 4.78 is 18.0. The molecule has 0 radical (unpaired) electrons. The number of fused-ring (bicyclic) bond motifs is 2. The summed E-state index contributed by atoms with van der Waals surface area (Å²) in [5.74, 6) is 0.00354. The molecule has 2 atom stereocenters. The number of urea groups is 1. The topological polar surface area (TPSA) is 161 Å². The van der Waals surface area contributed by atoms with Crippen LogP contribution in [0.15, 0.2) is 91.6 Å². The molecule has 1 aromatic heterocycles. The number of phosphoric ester groups is 1. The Bertz CT molecular complexity index is 1980. The standard InChI is InChI=1S/C36H40N7O7P/c1-2-17-41-24-33(44)42-31(18-25-13-15-30(16-14-25)50-51(47,48)49)35(45)39(23-32(42)43(41)36(46)37-19-26-7-4-3-5-8-26)21-28-9-6-10-29-22-40(38-34(28)29)20-27-11-12-27/h2-10,13-16,22,27,31-32H,1,11-12,17-21,23-24H2,(H,37,46)(H2,47,48,49)/t31-,32-/m0/s1. The third kappa shape index (κ3) is 7.84. The first-order chi connectivity index (χ1) is 24.6. The molecule has 0 bridgehead atoms. The molecule has 266 valence electrons. The zero-order valence-electron chi connectivity index (χ0n) is 28.0. The quantitative estimate of drug-likeness (QED) is 0.147. The molecule has 7 rings (SSSR count). The van der Waals surface area contributed by atoms with E-state index in [1.165, 1.54) is 34.9 Å². The van der Waals surface area contributed by atoms with Crippen molar-refractivity contribution < 1.29 is 33.3 Å². The molecule has 0 spiro atoms. The van der Waals surface area contributed by atoms with Gasteiger partial charge in [-0.3, -0.25) is 24.1 Å². The molecule has 3 fully saturated rings. The van der Waals surface area contributed by atoms with Gasteiger partial charge in [0.25, 0.3) is 0 Å². The van der Waals surface area contributed by atoms with E-state index in [2.05, 4.69) is 11.9 Å². The number of hydrazine groups is 1. The molecule has 3 N–H and O–H groups in total. The van der Waals surface area contributed by atoms with E-state index in [0.717, 1.165) is 28.6 Å². The summed E-state index contributed by atoms with van der Waals surface area (Å²) in [7, 11) is -4.77. The van der Waals surface area contributed by atoms with Crippen molar-refractivity contribution in [3.8, 4) is 5.75 Å². The van der Waals surface area contributed by atoms with Gasteiger partial charge in [0.1, 0.15) is 18.0 Å². The molecule has 1 saturated carbocycles. The minimum absolute atomic E-state index is 0.0360. The van der Waals surface area contributed by atoms with Crippen LogP contribution in [0.2, 0.25) is 0 Å². The lowest BCUT2D eigenvalue weighted by molar-refractivity contribution is -0.189. The van der Waals surface area contributed by atoms with E-state index < -0.39 is 26.1 Å². The first-order valence-electron chi connectivity index (χ1n) is 16.9. The molecule has 3 heterocycles. The minimum atomic E-state index is -4.77. The van der Waals surface area contributed by atoms with Gasteiger partial charge in [0.2, 0.25) is 11.8 Å². The number of phosphoric acid groups is 1. The fourth-order valence-electron chi connectivity index (χ4n) is 6.89. The average molecular weight is 714 g/mol. The molecule has 3 aliphatic rings. The zero-order chi connectivity index (χ0) is 35.7. The van der Waals surface area contributed by atoms with Crippen LogP contribution in [0.4, 0.5) is 4.79 Å². The van der Waals surface area contributed by atoms with Crippen molar-refractivity contribution in [2.45, 2.75) is 51.1 Å². The molecule has 4 aromatic rings. The maximum atomic E-state index is 14.5. The predicted molar refractivity (Wildman–Crippen MR) is 187 cm³/mol. The van der Waals surface area contributed by atoms with Crippen LogP contribution in [0.5, 0.6) is 5.75 Å². The van der Waals surface area contributed by atoms with Gasteiger partial charge >= 0.3 is 13.9 Å². The number of carbonyl (C=O) groups is 3. The lowest BCUT2D eigenvalue weighted by Gasteiger charge is -2.55. The van der Waals surface area contributed by atoms with Crippen molar-refractivity contribution >= 4 is 36.6 Å². The molecule has 15 heteroatoms. The molecule has 2 aliphatic heterocycles. The summed E-state index contributed by atoms with van der Waals surface area (Å²) >= 11 is 0. The Hall–Kier alpha value is -5.01. The third-order valence-electron chi connectivity index (χ3n) is 9.41. The molecule has 2 saturated heterocycles. The Kier molecular flexibility index (Phi) is 9.67. The number of hydrogen-bond acceptors (Lipinski definition) is 7. The number of amides is 4. The Balaban J connectivity index is 1.22. The molecule has 0 unspecified atom stereocenters. The highest BCUT2D eigenvalue weighted by Gasteiger charge is 2.51. The summed E-state index contributed by atoms with van der Waals surface area (Å²) in [6, 6.07) is 20.0. The zero-order valence-corrected chi connectivity index (χ0v) is 28.8. The van der Waals surface area contributed by atoms with Crippen molar-refractivity contribution in [1.82, 2.24) is 34.9 Å². The SMILES string of the molecule is C=CCN1CC(=O)N2[C@@H](Cc3ccc(OP(=O)(O)O)cc3)C(=O)N(Cc3cccc4cn(CC5CC5)nc34)C[C@@H]2N1C(=O)NCc1ccccc1. The highest BCUT2D eigenvalue weighted by molar-refractivity contribution is 7.46. The number of nitrogens with zero attached hydrogens (tertiary/aromatic N) is 6. The number of carbonyl (C=O) groups excluding carboxylic acids is 3. The fourth-order valence-corrected chi connectivity index (χ4v) is 7.29. The van der Waals surface area contributed by atoms with Gasteiger partial charge in [-0.25, -0.2) is 19.4 Å². The first-order valence-corrected chi connectivity index (χ1v) is 18.4. The summed E-state index contributed by atoms with van der Waals surface area (Å²) in [6.45, 7) is 5.32. The molecule has 1 aliphatic carbocycles. The van der Waals surface area contributed by atoms with E-state index in [1.807, 2.05) is 59.4 Å². The Morgan fingerprint density at radius 3 is 2.49 bits per heavy atom. The molecule has 51 heavy (non-hydrogen) atoms. The largest absolute Gasteiger partial charge is 0.524 e. The number of nitrogens with one attached hydrogen (secondary N) is 1. The molecular formula is C36H40N7O7P. The number of benzene rings is 3. The van der Waals surface area contributed by atoms with Crippen LogP contribution < -0.4 is 9.84 Å². The maximum absolute atomic E-state index is 14.5. The number of hydrogen-bond donors (Lipinski definition) is 3. The van der Waals surface area contributed by atoms with Crippen molar-refractivity contribution in [2.75, 3.05) is 19.6 Å². The van der Waals surface area contributed by atoms with Crippen LogP contribution in [0.3, 0.4) is 0 Å². The highest BCUT2D eigenvalue weighted by Crippen LogP contribution is 2.38. The minimum Gasteiger partial charge on any atom is -0.404 e. The van der Waals surface area contributed by atoms with Crippen molar-refractivity contribution in [3.63, 3.8) is 0 Å². The maximum Gasteiger partial charge on any atom is 0.524 e. The van der Waals surface area contributed by atoms with E-state index >= 15 is 0 Å². The fraction of sp³-hybridized carbons (Fsp3) is 0.333. The van der Waals surface area contributed by atoms with Crippen LogP contribution in [0, 0.1) is 5.92 Å². The molecular weight excluding hydrogens is 673 g/mol. The van der Waals surface area contributed by atoms with Gasteiger partial charge < -0.3 is 19.6 Å². The Morgan fingerprint density at radius 2 is 1.78 bits per heavy atom. The van der Waals surface area contributed by atoms with Crippen LogP contribution >= 0.6 is 7.82 Å². The van der Waals surface area contributed by atoms with Gasteiger partial charge in [0, 0.05) is 44.2 Å². The van der Waals surface area contributed by atoms with E-state index in [4.69, 9.17) is 9.62 Å². The molecule has 4 amide bonds. The van der Waals surface area contributed by atoms with Gasteiger partial charge in [-0.05, 0) is 47.6 Å². The smallest absolute Gasteiger partial charge is 0.404 e. The predicted octanol–water partition coefficient (Wildman–Crippen LogP) is 3.65. The summed E-state index contributed by atoms with van der Waals surface area (Å²) in [5.41, 5.74) is 3.20. The average Bonchev–Trinajstić information content (AvgIpc) is 3.81. The summed E-state index contributed by atoms with van der Waals surface area (Å²) in [6.07, 6.45) is 5.31. The summed E-state index contributed by atoms with van der Waals surface area (Å²) in [5, 5.41) is 12.0. The van der Waals surface area contributed by atoms with Gasteiger partial charge in [-0.2, -0.15) is 5.10 Å². The van der Waals surface area contributed by atoms with Crippen LogP contribution in [0.25, 0.3) is 10.9 Å². The van der Waals surface area contributed by atoms with Gasteiger partial charge in [0.15, 0.2) is 0 Å². The van der Waals surface area contributed by atoms with E-state index in [-0.39, 0.29) is 56.7 Å². The lowest BCUT2D eigenvalue weighted by atomic mass is 9.98. The Labute approximate surface area is 295 Å².